The molecule has 2 aromatic carbocycles. The van der Waals surface area contributed by atoms with Crippen molar-refractivity contribution in [3.05, 3.63) is 41.0 Å². The van der Waals surface area contributed by atoms with E-state index in [1.54, 1.807) is 27.1 Å². The van der Waals surface area contributed by atoms with Crippen molar-refractivity contribution < 1.29 is 29.5 Å². The zero-order valence-electron chi connectivity index (χ0n) is 25.0. The molecule has 0 aliphatic heterocycles. The van der Waals surface area contributed by atoms with Crippen LogP contribution in [0.2, 0.25) is 0 Å². The first-order valence-corrected chi connectivity index (χ1v) is 16.9. The Morgan fingerprint density at radius 2 is 1.06 bits per heavy atom. The van der Waals surface area contributed by atoms with Gasteiger partial charge in [0, 0.05) is 10.9 Å². The van der Waals surface area contributed by atoms with Gasteiger partial charge in [0.15, 0.2) is 0 Å². The second-order valence-corrected chi connectivity index (χ2v) is 16.2. The number of methoxy groups -OCH3 is 2. The molecule has 0 atom stereocenters. The van der Waals surface area contributed by atoms with Crippen molar-refractivity contribution in [2.24, 2.45) is 0 Å². The van der Waals surface area contributed by atoms with Gasteiger partial charge in [-0.2, -0.15) is 0 Å². The summed E-state index contributed by atoms with van der Waals surface area (Å²) in [4.78, 5) is 0. The maximum atomic E-state index is 6.12. The average molecular weight is 717 g/mol. The molecule has 0 aromatic heterocycles. The van der Waals surface area contributed by atoms with E-state index in [9.17, 15) is 0 Å². The van der Waals surface area contributed by atoms with Gasteiger partial charge >= 0.3 is 29.2 Å². The van der Waals surface area contributed by atoms with Crippen molar-refractivity contribution in [2.45, 2.75) is 111 Å². The summed E-state index contributed by atoms with van der Waals surface area (Å²) in [5.74, 6) is 3.19. The van der Waals surface area contributed by atoms with E-state index < -0.39 is 7.92 Å². The molecule has 2 aromatic rings. The SMILES string of the molecule is COc1ccc(OC)c(P(C(C)(C)C)C(C)(C)C)c1-c1c(C(C)C)cc(C(C)C)cc1C(C)C.[Cl][Au]. The molecule has 0 unspecified atom stereocenters. The van der Waals surface area contributed by atoms with E-state index in [1.807, 2.05) is 7.11 Å². The summed E-state index contributed by atoms with van der Waals surface area (Å²) in [5, 5.41) is 1.52. The fourth-order valence-corrected chi connectivity index (χ4v) is 9.46. The van der Waals surface area contributed by atoms with Crippen LogP contribution in [0.4, 0.5) is 0 Å². The molecular weight excluding hydrogens is 668 g/mol. The average Bonchev–Trinajstić information content (AvgIpc) is 2.77. The molecule has 0 fully saturated rings. The van der Waals surface area contributed by atoms with E-state index in [1.165, 1.54) is 33.1 Å². The summed E-state index contributed by atoms with van der Waals surface area (Å²) in [6.45, 7) is 28.1. The van der Waals surface area contributed by atoms with Crippen LogP contribution < -0.4 is 14.8 Å². The molecule has 2 nitrogen and oxygen atoms in total. The number of halogens is 1. The monoisotopic (exact) mass is 716 g/mol. The molecule has 0 amide bonds. The summed E-state index contributed by atoms with van der Waals surface area (Å²) in [5.41, 5.74) is 6.80. The van der Waals surface area contributed by atoms with Crippen LogP contribution in [0.3, 0.4) is 0 Å². The number of benzene rings is 2. The first-order chi connectivity index (χ1) is 16.6. The Balaban J connectivity index is 0.00000316. The summed E-state index contributed by atoms with van der Waals surface area (Å²) in [6, 6.07) is 9.09. The zero-order valence-corrected chi connectivity index (χ0v) is 28.8. The van der Waals surface area contributed by atoms with Crippen LogP contribution in [0.15, 0.2) is 24.3 Å². The molecule has 0 heterocycles. The van der Waals surface area contributed by atoms with E-state index in [2.05, 4.69) is 117 Å². The molecule has 0 aliphatic rings. The Morgan fingerprint density at radius 1 is 0.667 bits per heavy atom. The molecular formula is C31H49AuClO2P. The molecule has 0 N–H and O–H groups in total. The van der Waals surface area contributed by atoms with E-state index in [4.69, 9.17) is 9.47 Å². The number of hydrogen-bond acceptors (Lipinski definition) is 2. The van der Waals surface area contributed by atoms with Crippen LogP contribution in [0.5, 0.6) is 11.5 Å². The summed E-state index contributed by atoms with van der Waals surface area (Å²) >= 11 is 1.75. The fourth-order valence-electron chi connectivity index (χ4n) is 5.27. The predicted molar refractivity (Wildman–Crippen MR) is 159 cm³/mol. The van der Waals surface area contributed by atoms with Crippen LogP contribution in [0.25, 0.3) is 11.1 Å². The standard InChI is InChI=1S/C31H49O2P.Au.ClH/c1-19(2)22-17-23(20(3)4)27(24(18-22)21(5)6)28-25(32-13)15-16-26(33-14)29(28)34(30(7,8)9)31(10,11)12;;/h15-21H,1-14H3;;1H/q;+1;/p-1. The van der Waals surface area contributed by atoms with Gasteiger partial charge in [0.25, 0.3) is 0 Å². The van der Waals surface area contributed by atoms with Crippen molar-refractivity contribution in [3.8, 4) is 22.6 Å². The molecule has 0 saturated carbocycles. The van der Waals surface area contributed by atoms with Gasteiger partial charge in [0.2, 0.25) is 0 Å². The van der Waals surface area contributed by atoms with Crippen molar-refractivity contribution in [2.75, 3.05) is 14.2 Å². The molecule has 208 valence electrons. The second kappa shape index (κ2) is 13.5. The topological polar surface area (TPSA) is 18.5 Å². The van der Waals surface area contributed by atoms with E-state index in [0.29, 0.717) is 17.8 Å². The van der Waals surface area contributed by atoms with Gasteiger partial charge in [-0.15, -0.1) is 0 Å². The third-order valence-electron chi connectivity index (χ3n) is 6.49. The van der Waals surface area contributed by atoms with Gasteiger partial charge in [-0.25, -0.2) is 0 Å². The Kier molecular flexibility index (Phi) is 12.6. The third-order valence-corrected chi connectivity index (χ3v) is 10.1. The number of rotatable bonds is 7. The zero-order chi connectivity index (χ0) is 28.2. The second-order valence-electron chi connectivity index (χ2n) is 12.4. The summed E-state index contributed by atoms with van der Waals surface area (Å²) in [6.07, 6.45) is 0. The Hall–Kier alpha value is -0.500. The van der Waals surface area contributed by atoms with Gasteiger partial charge < -0.3 is 9.47 Å². The van der Waals surface area contributed by atoms with E-state index >= 15 is 0 Å². The van der Waals surface area contributed by atoms with Crippen LogP contribution in [-0.2, 0) is 20.0 Å². The van der Waals surface area contributed by atoms with Gasteiger partial charge in [0.05, 0.1) is 14.2 Å². The van der Waals surface area contributed by atoms with Crippen molar-refractivity contribution in [1.82, 2.24) is 0 Å². The van der Waals surface area contributed by atoms with Gasteiger partial charge in [-0.05, 0) is 62.5 Å². The summed E-state index contributed by atoms with van der Waals surface area (Å²) in [7, 11) is 7.58. The summed E-state index contributed by atoms with van der Waals surface area (Å²) < 4.78 is 12.2. The molecule has 5 heteroatoms. The molecule has 36 heavy (non-hydrogen) atoms. The van der Waals surface area contributed by atoms with Crippen LogP contribution >= 0.6 is 17.1 Å². The van der Waals surface area contributed by atoms with Crippen molar-refractivity contribution in [3.63, 3.8) is 0 Å². The molecule has 0 aliphatic carbocycles. The van der Waals surface area contributed by atoms with Crippen molar-refractivity contribution >= 4 is 22.4 Å². The van der Waals surface area contributed by atoms with Crippen molar-refractivity contribution in [1.29, 1.82) is 0 Å². The Bertz CT molecular complexity index is 958. The van der Waals surface area contributed by atoms with Gasteiger partial charge in [-0.1, -0.05) is 103 Å². The predicted octanol–water partition coefficient (Wildman–Crippen LogP) is 10.1. The van der Waals surface area contributed by atoms with Crippen LogP contribution in [-0.4, -0.2) is 24.5 Å². The van der Waals surface area contributed by atoms with Gasteiger partial charge in [-0.3, -0.25) is 0 Å². The number of ether oxygens (including phenoxy) is 2. The first kappa shape index (κ1) is 33.5. The fraction of sp³-hybridized carbons (Fsp3) is 0.613. The first-order valence-electron chi connectivity index (χ1n) is 12.9. The van der Waals surface area contributed by atoms with E-state index in [-0.39, 0.29) is 10.3 Å². The molecule has 0 saturated heterocycles. The minimum absolute atomic E-state index is 0.0931. The van der Waals surface area contributed by atoms with Crippen LogP contribution in [0, 0.1) is 0 Å². The molecule has 2 rings (SSSR count). The normalized spacial score (nSPS) is 12.4. The van der Waals surface area contributed by atoms with Gasteiger partial charge in [0.1, 0.15) is 11.5 Å². The minimum atomic E-state index is -0.619. The molecule has 0 radical (unpaired) electrons. The van der Waals surface area contributed by atoms with Crippen LogP contribution in [0.1, 0.15) is 118 Å². The Labute approximate surface area is 239 Å². The Morgan fingerprint density at radius 3 is 1.36 bits per heavy atom. The molecule has 0 spiro atoms. The maximum absolute atomic E-state index is 6.12. The quantitative estimate of drug-likeness (QED) is 0.210. The third kappa shape index (κ3) is 7.54. The molecule has 0 bridgehead atoms. The van der Waals surface area contributed by atoms with E-state index in [0.717, 1.165) is 11.5 Å². The number of hydrogen-bond donors (Lipinski definition) is 0.